The lowest BCUT2D eigenvalue weighted by molar-refractivity contribution is 0.217. The minimum absolute atomic E-state index is 0.196. The topological polar surface area (TPSA) is 12.9 Å². The number of rotatable bonds is 2. The van der Waals surface area contributed by atoms with Crippen molar-refractivity contribution in [3.63, 3.8) is 0 Å². The van der Waals surface area contributed by atoms with Gasteiger partial charge in [-0.1, -0.05) is 32.1 Å². The molecular formula is C22H24FNS. The normalized spacial score (nSPS) is 28.1. The molecule has 0 fully saturated rings. The highest BCUT2D eigenvalue weighted by Gasteiger charge is 2.45. The minimum atomic E-state index is -0.202. The number of thiazole rings is 1. The molecule has 1 nitrogen and oxygen atoms in total. The number of hydrogen-bond acceptors (Lipinski definition) is 2. The fraction of sp³-hybridized carbons (Fsp3) is 0.409. The predicted molar refractivity (Wildman–Crippen MR) is 104 cm³/mol. The fourth-order valence-corrected chi connectivity index (χ4v) is 5.60. The van der Waals surface area contributed by atoms with E-state index < -0.39 is 0 Å². The number of fused-ring (bicyclic) bond motifs is 3. The Morgan fingerprint density at radius 1 is 1.32 bits per heavy atom. The van der Waals surface area contributed by atoms with Gasteiger partial charge in [-0.25, -0.2) is 9.37 Å². The number of benzene rings is 1. The summed E-state index contributed by atoms with van der Waals surface area (Å²) < 4.78 is 13.2. The lowest BCUT2D eigenvalue weighted by atomic mass is 9.59. The molecule has 0 amide bonds. The van der Waals surface area contributed by atoms with Crippen molar-refractivity contribution >= 4 is 16.9 Å². The number of allylic oxidation sites excluding steroid dienone is 3. The first-order valence-corrected chi connectivity index (χ1v) is 9.82. The molecule has 0 saturated carbocycles. The molecule has 0 N–H and O–H groups in total. The van der Waals surface area contributed by atoms with Gasteiger partial charge < -0.3 is 0 Å². The Kier molecular flexibility index (Phi) is 3.95. The molecule has 1 aromatic carbocycles. The summed E-state index contributed by atoms with van der Waals surface area (Å²) in [6, 6.07) is 6.68. The van der Waals surface area contributed by atoms with Crippen LogP contribution in [0.15, 0.2) is 42.5 Å². The lowest BCUT2D eigenvalue weighted by Crippen LogP contribution is -2.36. The molecule has 4 rings (SSSR count). The maximum Gasteiger partial charge on any atom is 0.124 e. The van der Waals surface area contributed by atoms with Gasteiger partial charge in [0.1, 0.15) is 10.8 Å². The first-order valence-electron chi connectivity index (χ1n) is 9.00. The Hall–Kier alpha value is -1.74. The molecular weight excluding hydrogens is 329 g/mol. The molecule has 0 saturated heterocycles. The third-order valence-electron chi connectivity index (χ3n) is 6.21. The van der Waals surface area contributed by atoms with Crippen LogP contribution in [0.3, 0.4) is 0 Å². The monoisotopic (exact) mass is 353 g/mol. The van der Waals surface area contributed by atoms with Gasteiger partial charge in [0.05, 0.1) is 10.6 Å². The Morgan fingerprint density at radius 3 is 2.72 bits per heavy atom. The van der Waals surface area contributed by atoms with Crippen molar-refractivity contribution < 1.29 is 4.39 Å². The Morgan fingerprint density at radius 2 is 2.04 bits per heavy atom. The van der Waals surface area contributed by atoms with E-state index in [-0.39, 0.29) is 11.2 Å². The number of aromatic nitrogens is 1. The van der Waals surface area contributed by atoms with Crippen molar-refractivity contribution in [1.82, 2.24) is 4.98 Å². The Balaban J connectivity index is 1.78. The second kappa shape index (κ2) is 5.91. The molecule has 0 radical (unpaired) electrons. The second-order valence-electron chi connectivity index (χ2n) is 7.93. The zero-order chi connectivity index (χ0) is 17.8. The van der Waals surface area contributed by atoms with Crippen LogP contribution in [0, 0.1) is 23.1 Å². The van der Waals surface area contributed by atoms with Crippen LogP contribution in [0.5, 0.6) is 0 Å². The first kappa shape index (κ1) is 16.7. The molecule has 0 bridgehead atoms. The van der Waals surface area contributed by atoms with Crippen molar-refractivity contribution in [3.05, 3.63) is 58.9 Å². The maximum atomic E-state index is 13.2. The molecule has 25 heavy (non-hydrogen) atoms. The van der Waals surface area contributed by atoms with Crippen LogP contribution in [0.2, 0.25) is 0 Å². The van der Waals surface area contributed by atoms with Gasteiger partial charge in [0.25, 0.3) is 0 Å². The summed E-state index contributed by atoms with van der Waals surface area (Å²) in [6.45, 7) is 11.1. The van der Waals surface area contributed by atoms with E-state index in [0.29, 0.717) is 11.8 Å². The van der Waals surface area contributed by atoms with Gasteiger partial charge in [0.15, 0.2) is 0 Å². The highest BCUT2D eigenvalue weighted by Crippen LogP contribution is 2.57. The summed E-state index contributed by atoms with van der Waals surface area (Å²) in [7, 11) is 0. The molecule has 1 heterocycles. The summed E-state index contributed by atoms with van der Waals surface area (Å²) in [5, 5.41) is 1.00. The Labute approximate surface area is 153 Å². The summed E-state index contributed by atoms with van der Waals surface area (Å²) >= 11 is 1.77. The van der Waals surface area contributed by atoms with Crippen LogP contribution in [0.4, 0.5) is 4.39 Å². The standard InChI is InChI=1S/C22H24FNS/c1-13(2)16-7-10-18-20-19(11-14(3)22(18,4)12-16)24-21(25-20)15-5-8-17(23)9-6-15/h5-6,8-10,14,16H,1,7,11-12H2,2-4H3/t14-,16-,22+/m1/s1. The molecule has 0 spiro atoms. The van der Waals surface area contributed by atoms with Crippen LogP contribution in [-0.4, -0.2) is 4.98 Å². The first-order chi connectivity index (χ1) is 11.9. The summed E-state index contributed by atoms with van der Waals surface area (Å²) in [6.07, 6.45) is 5.71. The van der Waals surface area contributed by atoms with Gasteiger partial charge in [-0.05, 0) is 73.3 Å². The summed E-state index contributed by atoms with van der Waals surface area (Å²) in [4.78, 5) is 6.26. The van der Waals surface area contributed by atoms with Gasteiger partial charge in [-0.3, -0.25) is 0 Å². The van der Waals surface area contributed by atoms with E-state index in [0.717, 1.165) is 23.4 Å². The smallest absolute Gasteiger partial charge is 0.124 e. The quantitative estimate of drug-likeness (QED) is 0.560. The molecule has 3 heteroatoms. The largest absolute Gasteiger partial charge is 0.240 e. The molecule has 130 valence electrons. The Bertz CT molecular complexity index is 861. The van der Waals surface area contributed by atoms with Crippen LogP contribution in [-0.2, 0) is 6.42 Å². The van der Waals surface area contributed by atoms with E-state index in [1.165, 1.54) is 40.3 Å². The highest BCUT2D eigenvalue weighted by atomic mass is 32.1. The van der Waals surface area contributed by atoms with Crippen molar-refractivity contribution in [2.45, 2.75) is 40.0 Å². The average Bonchev–Trinajstić information content (AvgIpc) is 2.99. The van der Waals surface area contributed by atoms with Gasteiger partial charge in [0, 0.05) is 5.56 Å². The van der Waals surface area contributed by atoms with Crippen molar-refractivity contribution in [2.75, 3.05) is 0 Å². The van der Waals surface area contributed by atoms with Crippen molar-refractivity contribution in [2.24, 2.45) is 17.3 Å². The minimum Gasteiger partial charge on any atom is -0.240 e. The molecule has 0 unspecified atom stereocenters. The predicted octanol–water partition coefficient (Wildman–Crippen LogP) is 6.52. The second-order valence-corrected chi connectivity index (χ2v) is 8.92. The summed E-state index contributed by atoms with van der Waals surface area (Å²) in [5.41, 5.74) is 5.19. The molecule has 2 aromatic rings. The maximum absolute atomic E-state index is 13.2. The third kappa shape index (κ3) is 2.69. The van der Waals surface area contributed by atoms with Crippen molar-refractivity contribution in [3.8, 4) is 10.6 Å². The molecule has 0 aliphatic heterocycles. The number of halogens is 1. The molecule has 3 atom stereocenters. The van der Waals surface area contributed by atoms with E-state index in [2.05, 4.69) is 33.4 Å². The van der Waals surface area contributed by atoms with Gasteiger partial charge in [-0.2, -0.15) is 0 Å². The SMILES string of the molecule is C=C(C)[C@@H]1CC=C2c3sc(-c4ccc(F)cc4)nc3C[C@@H](C)[C@]2(C)C1. The van der Waals surface area contributed by atoms with E-state index in [9.17, 15) is 4.39 Å². The van der Waals surface area contributed by atoms with Crippen molar-refractivity contribution in [1.29, 1.82) is 0 Å². The fourth-order valence-electron chi connectivity index (χ4n) is 4.32. The summed E-state index contributed by atoms with van der Waals surface area (Å²) in [5.74, 6) is 0.950. The highest BCUT2D eigenvalue weighted by molar-refractivity contribution is 7.16. The van der Waals surface area contributed by atoms with Gasteiger partial charge in [-0.15, -0.1) is 11.3 Å². The number of hydrogen-bond donors (Lipinski definition) is 0. The molecule has 1 aromatic heterocycles. The van der Waals surface area contributed by atoms with Crippen LogP contribution < -0.4 is 0 Å². The van der Waals surface area contributed by atoms with E-state index in [1.54, 1.807) is 11.3 Å². The number of nitrogens with zero attached hydrogens (tertiary/aromatic N) is 1. The van der Waals surface area contributed by atoms with E-state index in [1.807, 2.05) is 12.1 Å². The zero-order valence-corrected chi connectivity index (χ0v) is 15.9. The van der Waals surface area contributed by atoms with Crippen LogP contribution in [0.1, 0.15) is 44.2 Å². The van der Waals surface area contributed by atoms with E-state index in [4.69, 9.17) is 4.98 Å². The molecule has 2 aliphatic carbocycles. The van der Waals surface area contributed by atoms with Gasteiger partial charge in [0.2, 0.25) is 0 Å². The van der Waals surface area contributed by atoms with E-state index >= 15 is 0 Å². The van der Waals surface area contributed by atoms with Crippen LogP contribution >= 0.6 is 11.3 Å². The van der Waals surface area contributed by atoms with Gasteiger partial charge >= 0.3 is 0 Å². The third-order valence-corrected chi connectivity index (χ3v) is 7.39. The average molecular weight is 354 g/mol. The van der Waals surface area contributed by atoms with Crippen LogP contribution in [0.25, 0.3) is 16.1 Å². The lowest BCUT2D eigenvalue weighted by Gasteiger charge is -2.46. The molecule has 2 aliphatic rings. The zero-order valence-electron chi connectivity index (χ0n) is 15.1.